The van der Waals surface area contributed by atoms with Crippen LogP contribution in [-0.2, 0) is 19.5 Å². The van der Waals surface area contributed by atoms with Crippen LogP contribution < -0.4 is 4.72 Å². The standard InChI is InChI=1S/C14H19NO5S/c1-10(2)13(8-16)15-21(18,19)9-11-5-4-6-12(7-11)14(17)20-3/h4-10,13H,1-3H3,(H2,15,18,19)/t13-/m0/s1. The number of methoxy groups -OCH3 is 1. The third kappa shape index (κ3) is 5.30. The molecule has 1 aromatic rings. The molecule has 0 saturated carbocycles. The van der Waals surface area contributed by atoms with E-state index < -0.39 is 22.0 Å². The zero-order chi connectivity index (χ0) is 16.0. The molecule has 0 aromatic heterocycles. The molecule has 1 aromatic carbocycles. The Morgan fingerprint density at radius 2 is 2.10 bits per heavy atom. The van der Waals surface area contributed by atoms with Crippen molar-refractivity contribution >= 4 is 27.6 Å². The Bertz CT molecular complexity index is 632. The number of hydrogen-bond donors (Lipinski definition) is 2. The third-order valence-electron chi connectivity index (χ3n) is 2.77. The summed E-state index contributed by atoms with van der Waals surface area (Å²) in [5, 5.41) is 1.08. The molecule has 0 amide bonds. The number of carbonyl (C=O) groups is 2. The van der Waals surface area contributed by atoms with E-state index in [0.29, 0.717) is 11.8 Å². The van der Waals surface area contributed by atoms with E-state index in [9.17, 15) is 18.4 Å². The van der Waals surface area contributed by atoms with Gasteiger partial charge in [0.2, 0.25) is 0 Å². The van der Waals surface area contributed by atoms with Crippen molar-refractivity contribution in [2.45, 2.75) is 19.9 Å². The summed E-state index contributed by atoms with van der Waals surface area (Å²) in [7, 11) is -2.29. The molecular formula is C14H19NO5S. The molecule has 6 nitrogen and oxygen atoms in total. The van der Waals surface area contributed by atoms with Crippen LogP contribution in [0.25, 0.3) is 0 Å². The van der Waals surface area contributed by atoms with Crippen molar-refractivity contribution in [2.24, 2.45) is 5.92 Å². The molecule has 0 aliphatic carbocycles. The van der Waals surface area contributed by atoms with E-state index in [1.165, 1.54) is 19.2 Å². The predicted octanol–water partition coefficient (Wildman–Crippen LogP) is 1.11. The molecule has 0 aliphatic rings. The number of carbonyl (C=O) groups excluding carboxylic acids is 2. The fraction of sp³-hybridized carbons (Fsp3) is 0.357. The van der Waals surface area contributed by atoms with Crippen LogP contribution in [0, 0.1) is 5.92 Å². The molecule has 0 heterocycles. The quantitative estimate of drug-likeness (QED) is 0.466. The maximum Gasteiger partial charge on any atom is 0.337 e. The summed E-state index contributed by atoms with van der Waals surface area (Å²) in [6, 6.07) is 5.40. The number of nitrogens with one attached hydrogen (secondary N) is 1. The minimum Gasteiger partial charge on any atom is -0.465 e. The van der Waals surface area contributed by atoms with Crippen LogP contribution in [0.1, 0.15) is 29.8 Å². The molecule has 0 saturated heterocycles. The molecule has 116 valence electrons. The van der Waals surface area contributed by atoms with E-state index in [1.54, 1.807) is 26.0 Å². The van der Waals surface area contributed by atoms with Gasteiger partial charge in [0.15, 0.2) is 0 Å². The first-order valence-corrected chi connectivity index (χ1v) is 7.89. The lowest BCUT2D eigenvalue weighted by molar-refractivity contribution is -0.110. The Hall–Kier alpha value is -1.70. The Morgan fingerprint density at radius 1 is 1.43 bits per heavy atom. The SMILES string of the molecule is COC(=O)c1cccc(C=S(=O)(O)N[C@@H](C=O)C(C)C)c1. The lowest BCUT2D eigenvalue weighted by atomic mass is 10.1. The number of benzene rings is 1. The predicted molar refractivity (Wildman–Crippen MR) is 81.5 cm³/mol. The molecule has 7 heteroatoms. The second-order valence-electron chi connectivity index (χ2n) is 4.83. The molecule has 2 N–H and O–H groups in total. The molecule has 0 spiro atoms. The average molecular weight is 313 g/mol. The van der Waals surface area contributed by atoms with Gasteiger partial charge in [0, 0.05) is 5.37 Å². The Morgan fingerprint density at radius 3 is 2.62 bits per heavy atom. The van der Waals surface area contributed by atoms with Gasteiger partial charge in [-0.3, -0.25) is 0 Å². The van der Waals surface area contributed by atoms with Crippen LogP contribution in [0.15, 0.2) is 24.3 Å². The molecule has 2 atom stereocenters. The number of hydrogen-bond acceptors (Lipinski definition) is 4. The lowest BCUT2D eigenvalue weighted by Gasteiger charge is -2.16. The normalized spacial score (nSPS) is 15.1. The second kappa shape index (κ2) is 7.35. The van der Waals surface area contributed by atoms with Crippen LogP contribution >= 0.6 is 0 Å². The lowest BCUT2D eigenvalue weighted by Crippen LogP contribution is -2.40. The van der Waals surface area contributed by atoms with E-state index in [4.69, 9.17) is 0 Å². The highest BCUT2D eigenvalue weighted by Crippen LogP contribution is 2.06. The van der Waals surface area contributed by atoms with E-state index in [2.05, 4.69) is 9.46 Å². The fourth-order valence-corrected chi connectivity index (χ4v) is 2.89. The van der Waals surface area contributed by atoms with Crippen LogP contribution in [-0.4, -0.2) is 39.5 Å². The second-order valence-corrected chi connectivity index (χ2v) is 6.44. The number of aldehydes is 1. The van der Waals surface area contributed by atoms with E-state index >= 15 is 0 Å². The maximum absolute atomic E-state index is 12.1. The molecular weight excluding hydrogens is 294 g/mol. The third-order valence-corrected chi connectivity index (χ3v) is 3.97. The van der Waals surface area contributed by atoms with Crippen molar-refractivity contribution < 1.29 is 23.1 Å². The first-order chi connectivity index (χ1) is 9.79. The topological polar surface area (TPSA) is 92.7 Å². The van der Waals surface area contributed by atoms with Crippen molar-refractivity contribution in [1.82, 2.24) is 4.72 Å². The van der Waals surface area contributed by atoms with Crippen molar-refractivity contribution in [3.05, 3.63) is 35.4 Å². The summed E-state index contributed by atoms with van der Waals surface area (Å²) in [5.41, 5.74) is 0.656. The minimum absolute atomic E-state index is 0.120. The van der Waals surface area contributed by atoms with Gasteiger partial charge >= 0.3 is 5.97 Å². The molecule has 0 radical (unpaired) electrons. The van der Waals surface area contributed by atoms with Gasteiger partial charge in [0.25, 0.3) is 0 Å². The van der Waals surface area contributed by atoms with Crippen LogP contribution in [0.3, 0.4) is 0 Å². The molecule has 0 fully saturated rings. The highest BCUT2D eigenvalue weighted by Gasteiger charge is 2.16. The summed E-state index contributed by atoms with van der Waals surface area (Å²) < 4.78 is 29.0. The largest absolute Gasteiger partial charge is 0.465 e. The van der Waals surface area contributed by atoms with Gasteiger partial charge in [0.1, 0.15) is 16.3 Å². The average Bonchev–Trinajstić information content (AvgIpc) is 2.43. The maximum atomic E-state index is 12.1. The van der Waals surface area contributed by atoms with E-state index in [-0.39, 0.29) is 11.5 Å². The first-order valence-electron chi connectivity index (χ1n) is 6.31. The highest BCUT2D eigenvalue weighted by molar-refractivity contribution is 7.94. The smallest absolute Gasteiger partial charge is 0.337 e. The number of esters is 1. The van der Waals surface area contributed by atoms with E-state index in [0.717, 1.165) is 5.37 Å². The van der Waals surface area contributed by atoms with Crippen molar-refractivity contribution in [3.8, 4) is 0 Å². The molecule has 21 heavy (non-hydrogen) atoms. The van der Waals surface area contributed by atoms with Gasteiger partial charge in [-0.15, -0.1) is 0 Å². The van der Waals surface area contributed by atoms with Crippen LogP contribution in [0.5, 0.6) is 0 Å². The molecule has 0 aliphatic heterocycles. The van der Waals surface area contributed by atoms with Gasteiger partial charge in [-0.05, 0) is 23.6 Å². The van der Waals surface area contributed by atoms with Gasteiger partial charge < -0.3 is 14.1 Å². The number of rotatable bonds is 6. The first kappa shape index (κ1) is 17.4. The van der Waals surface area contributed by atoms with Gasteiger partial charge in [-0.1, -0.05) is 26.0 Å². The van der Waals surface area contributed by atoms with Gasteiger partial charge in [-0.2, -0.15) is 0 Å². The zero-order valence-corrected chi connectivity index (χ0v) is 12.9. The summed E-state index contributed by atoms with van der Waals surface area (Å²) in [6.45, 7) is 3.53. The molecule has 0 bridgehead atoms. The molecule has 1 rings (SSSR count). The van der Waals surface area contributed by atoms with E-state index in [1.807, 2.05) is 0 Å². The Kier molecular flexibility index (Phi) is 6.07. The Balaban J connectivity index is 3.08. The van der Waals surface area contributed by atoms with Crippen LogP contribution in [0.2, 0.25) is 0 Å². The summed E-state index contributed by atoms with van der Waals surface area (Å²) in [6.07, 6.45) is 0.596. The summed E-state index contributed by atoms with van der Waals surface area (Å²) >= 11 is 0. The monoisotopic (exact) mass is 313 g/mol. The Labute approximate surface area is 124 Å². The summed E-state index contributed by atoms with van der Waals surface area (Å²) in [5.74, 6) is -0.652. The summed E-state index contributed by atoms with van der Waals surface area (Å²) in [4.78, 5) is 22.3. The van der Waals surface area contributed by atoms with Crippen LogP contribution in [0.4, 0.5) is 0 Å². The minimum atomic E-state index is -3.55. The highest BCUT2D eigenvalue weighted by atomic mass is 32.2. The van der Waals surface area contributed by atoms with Gasteiger partial charge in [0.05, 0.1) is 18.7 Å². The fourth-order valence-electron chi connectivity index (χ4n) is 1.59. The molecule has 1 unspecified atom stereocenters. The zero-order valence-electron chi connectivity index (χ0n) is 12.1. The van der Waals surface area contributed by atoms with Crippen molar-refractivity contribution in [2.75, 3.05) is 7.11 Å². The van der Waals surface area contributed by atoms with Gasteiger partial charge in [-0.25, -0.2) is 13.7 Å². The van der Waals surface area contributed by atoms with Crippen molar-refractivity contribution in [3.63, 3.8) is 0 Å². The number of ether oxygens (including phenoxy) is 1. The van der Waals surface area contributed by atoms with Crippen molar-refractivity contribution in [1.29, 1.82) is 0 Å².